The number of nitrogens with zero attached hydrogens (tertiary/aromatic N) is 1. The molecule has 0 radical (unpaired) electrons. The summed E-state index contributed by atoms with van der Waals surface area (Å²) in [6, 6.07) is 13.3. The summed E-state index contributed by atoms with van der Waals surface area (Å²) in [4.78, 5) is 53.3. The topological polar surface area (TPSA) is 92.8 Å². The number of benzene rings is 2. The number of nitrogens with one attached hydrogen (secondary N) is 1. The van der Waals surface area contributed by atoms with Crippen molar-refractivity contribution in [3.05, 3.63) is 65.2 Å². The molecular weight excluding hydrogens is 432 g/mol. The summed E-state index contributed by atoms with van der Waals surface area (Å²) in [5.41, 5.74) is 2.99. The number of imide groups is 1. The summed E-state index contributed by atoms with van der Waals surface area (Å²) in [7, 11) is 0. The van der Waals surface area contributed by atoms with E-state index in [1.807, 2.05) is 32.0 Å². The van der Waals surface area contributed by atoms with Crippen LogP contribution in [0.25, 0.3) is 0 Å². The molecule has 178 valence electrons. The van der Waals surface area contributed by atoms with Crippen molar-refractivity contribution in [2.24, 2.45) is 11.8 Å². The second kappa shape index (κ2) is 9.79. The molecule has 0 bridgehead atoms. The maximum Gasteiger partial charge on any atom is 0.330 e. The molecule has 0 spiro atoms. The van der Waals surface area contributed by atoms with E-state index < -0.39 is 24.0 Å². The number of hydrogen-bond acceptors (Lipinski definition) is 5. The lowest BCUT2D eigenvalue weighted by Crippen LogP contribution is -2.45. The van der Waals surface area contributed by atoms with Crippen LogP contribution in [-0.4, -0.2) is 34.6 Å². The molecule has 1 N–H and O–H groups in total. The van der Waals surface area contributed by atoms with Crippen LogP contribution in [-0.2, 0) is 23.9 Å². The number of likely N-dealkylation sites (tertiary alicyclic amines) is 1. The minimum Gasteiger partial charge on any atom is -0.446 e. The Morgan fingerprint density at radius 1 is 0.971 bits per heavy atom. The molecule has 34 heavy (non-hydrogen) atoms. The predicted molar refractivity (Wildman–Crippen MR) is 127 cm³/mol. The third-order valence-corrected chi connectivity index (χ3v) is 6.83. The fourth-order valence-corrected chi connectivity index (χ4v) is 4.86. The van der Waals surface area contributed by atoms with E-state index >= 15 is 0 Å². The number of aryl methyl sites for hydroxylation is 2. The van der Waals surface area contributed by atoms with Gasteiger partial charge in [0.15, 0.2) is 0 Å². The number of esters is 1. The van der Waals surface area contributed by atoms with E-state index in [2.05, 4.69) is 5.32 Å². The molecular formula is C27H30N2O5. The quantitative estimate of drug-likeness (QED) is 0.516. The SMILES string of the molecule is Cc1ccc(C)c(NC(=O)C(OC(=O)C(C)N2C(=O)C3CCCCC3C2=O)c2ccccc2)c1. The van der Waals surface area contributed by atoms with Gasteiger partial charge in [-0.2, -0.15) is 0 Å². The van der Waals surface area contributed by atoms with Crippen LogP contribution in [0.5, 0.6) is 0 Å². The molecule has 2 aliphatic rings. The van der Waals surface area contributed by atoms with Crippen molar-refractivity contribution in [3.8, 4) is 0 Å². The summed E-state index contributed by atoms with van der Waals surface area (Å²) < 4.78 is 5.67. The standard InChI is InChI=1S/C27H30N2O5/c1-16-13-14-17(2)22(15-16)28-24(30)23(19-9-5-4-6-10-19)34-27(33)18(3)29-25(31)20-11-7-8-12-21(20)26(29)32/h4-6,9-10,13-15,18,20-21,23H,7-8,11-12H2,1-3H3,(H,28,30). The van der Waals surface area contributed by atoms with Crippen LogP contribution in [0.3, 0.4) is 0 Å². The average Bonchev–Trinajstić information content (AvgIpc) is 3.09. The largest absolute Gasteiger partial charge is 0.446 e. The first-order chi connectivity index (χ1) is 16.3. The van der Waals surface area contributed by atoms with Crippen LogP contribution in [0, 0.1) is 25.7 Å². The highest BCUT2D eigenvalue weighted by molar-refractivity contribution is 6.08. The highest BCUT2D eigenvalue weighted by atomic mass is 16.5. The molecule has 1 saturated carbocycles. The van der Waals surface area contributed by atoms with Gasteiger partial charge in [0.25, 0.3) is 5.91 Å². The molecule has 3 amide bonds. The van der Waals surface area contributed by atoms with Crippen molar-refractivity contribution in [1.82, 2.24) is 4.90 Å². The molecule has 4 atom stereocenters. The van der Waals surface area contributed by atoms with Crippen LogP contribution in [0.2, 0.25) is 0 Å². The lowest BCUT2D eigenvalue weighted by Gasteiger charge is -2.25. The molecule has 2 fully saturated rings. The lowest BCUT2D eigenvalue weighted by molar-refractivity contribution is -0.164. The molecule has 7 heteroatoms. The molecule has 1 saturated heterocycles. The number of anilines is 1. The number of carbonyl (C=O) groups excluding carboxylic acids is 4. The fourth-order valence-electron chi connectivity index (χ4n) is 4.86. The van der Waals surface area contributed by atoms with E-state index in [1.165, 1.54) is 6.92 Å². The zero-order valence-corrected chi connectivity index (χ0v) is 19.7. The Morgan fingerprint density at radius 3 is 2.21 bits per heavy atom. The van der Waals surface area contributed by atoms with Gasteiger partial charge in [-0.3, -0.25) is 19.3 Å². The Bertz CT molecular complexity index is 1090. The van der Waals surface area contributed by atoms with E-state index in [0.29, 0.717) is 24.1 Å². The second-order valence-electron chi connectivity index (χ2n) is 9.26. The number of hydrogen-bond donors (Lipinski definition) is 1. The Hall–Kier alpha value is -3.48. The van der Waals surface area contributed by atoms with Crippen molar-refractivity contribution >= 4 is 29.4 Å². The van der Waals surface area contributed by atoms with Crippen LogP contribution >= 0.6 is 0 Å². The summed E-state index contributed by atoms with van der Waals surface area (Å²) >= 11 is 0. The Labute approximate surface area is 199 Å². The van der Waals surface area contributed by atoms with Gasteiger partial charge in [0.1, 0.15) is 6.04 Å². The number of carbonyl (C=O) groups is 4. The molecule has 0 aromatic heterocycles. The van der Waals surface area contributed by atoms with E-state index in [1.54, 1.807) is 30.3 Å². The Balaban J connectivity index is 1.55. The predicted octanol–water partition coefficient (Wildman–Crippen LogP) is 4.09. The number of rotatable bonds is 6. The van der Waals surface area contributed by atoms with Crippen molar-refractivity contribution in [1.29, 1.82) is 0 Å². The zero-order chi connectivity index (χ0) is 24.4. The normalized spacial score (nSPS) is 21.6. The van der Waals surface area contributed by atoms with Gasteiger partial charge in [-0.05, 0) is 50.8 Å². The third kappa shape index (κ3) is 4.60. The van der Waals surface area contributed by atoms with Crippen LogP contribution in [0.15, 0.2) is 48.5 Å². The first-order valence-corrected chi connectivity index (χ1v) is 11.8. The minimum atomic E-state index is -1.23. The smallest absolute Gasteiger partial charge is 0.330 e. The van der Waals surface area contributed by atoms with Gasteiger partial charge in [0, 0.05) is 11.3 Å². The van der Waals surface area contributed by atoms with Gasteiger partial charge < -0.3 is 10.1 Å². The van der Waals surface area contributed by atoms with E-state index in [4.69, 9.17) is 4.74 Å². The average molecular weight is 463 g/mol. The molecule has 1 aliphatic carbocycles. The van der Waals surface area contributed by atoms with Gasteiger partial charge in [0.05, 0.1) is 11.8 Å². The van der Waals surface area contributed by atoms with E-state index in [-0.39, 0.29) is 23.7 Å². The molecule has 2 aromatic carbocycles. The van der Waals surface area contributed by atoms with Gasteiger partial charge in [-0.15, -0.1) is 0 Å². The second-order valence-corrected chi connectivity index (χ2v) is 9.26. The van der Waals surface area contributed by atoms with Crippen molar-refractivity contribution in [2.75, 3.05) is 5.32 Å². The third-order valence-electron chi connectivity index (χ3n) is 6.83. The number of ether oxygens (including phenoxy) is 1. The summed E-state index contributed by atoms with van der Waals surface area (Å²) in [5, 5.41) is 2.86. The molecule has 1 heterocycles. The van der Waals surface area contributed by atoms with Gasteiger partial charge >= 0.3 is 5.97 Å². The van der Waals surface area contributed by atoms with Crippen LogP contribution < -0.4 is 5.32 Å². The van der Waals surface area contributed by atoms with Gasteiger partial charge in [-0.1, -0.05) is 55.3 Å². The summed E-state index contributed by atoms with van der Waals surface area (Å²) in [5.74, 6) is -2.62. The highest BCUT2D eigenvalue weighted by Gasteiger charge is 2.51. The molecule has 1 aliphatic heterocycles. The fraction of sp³-hybridized carbons (Fsp3) is 0.407. The Morgan fingerprint density at radius 2 is 1.59 bits per heavy atom. The molecule has 4 rings (SSSR count). The molecule has 2 aromatic rings. The van der Waals surface area contributed by atoms with Gasteiger partial charge in [-0.25, -0.2) is 4.79 Å². The first-order valence-electron chi connectivity index (χ1n) is 11.8. The van der Waals surface area contributed by atoms with Crippen molar-refractivity contribution < 1.29 is 23.9 Å². The Kier molecular flexibility index (Phi) is 6.82. The van der Waals surface area contributed by atoms with E-state index in [9.17, 15) is 19.2 Å². The molecule has 7 nitrogen and oxygen atoms in total. The first kappa shape index (κ1) is 23.7. The monoisotopic (exact) mass is 462 g/mol. The zero-order valence-electron chi connectivity index (χ0n) is 19.7. The maximum atomic E-state index is 13.3. The minimum absolute atomic E-state index is 0.310. The van der Waals surface area contributed by atoms with Crippen molar-refractivity contribution in [3.63, 3.8) is 0 Å². The van der Waals surface area contributed by atoms with Gasteiger partial charge in [0.2, 0.25) is 17.9 Å². The van der Waals surface area contributed by atoms with E-state index in [0.717, 1.165) is 28.9 Å². The maximum absolute atomic E-state index is 13.3. The number of fused-ring (bicyclic) bond motifs is 1. The summed E-state index contributed by atoms with van der Waals surface area (Å²) in [6.07, 6.45) is 1.91. The molecule has 4 unspecified atom stereocenters. The number of amides is 3. The van der Waals surface area contributed by atoms with Crippen LogP contribution in [0.4, 0.5) is 5.69 Å². The highest BCUT2D eigenvalue weighted by Crippen LogP contribution is 2.39. The van der Waals surface area contributed by atoms with Crippen LogP contribution in [0.1, 0.15) is 55.4 Å². The van der Waals surface area contributed by atoms with Crippen molar-refractivity contribution in [2.45, 2.75) is 58.6 Å². The lowest BCUT2D eigenvalue weighted by atomic mass is 9.81. The summed E-state index contributed by atoms with van der Waals surface area (Å²) in [6.45, 7) is 5.29.